The lowest BCUT2D eigenvalue weighted by Crippen LogP contribution is -2.53. The van der Waals surface area contributed by atoms with Crippen LogP contribution in [0.4, 0.5) is 10.1 Å². The lowest BCUT2D eigenvalue weighted by molar-refractivity contribution is -0.139. The maximum atomic E-state index is 14.4. The molecule has 1 atom stereocenters. The summed E-state index contributed by atoms with van der Waals surface area (Å²) in [6.45, 7) is 1.12. The first-order valence-corrected chi connectivity index (χ1v) is 15.6. The maximum Gasteiger partial charge on any atom is 0.264 e. The average molecular weight is 634 g/mol. The molecule has 0 spiro atoms. The Morgan fingerprint density at radius 2 is 1.49 bits per heavy atom. The molecular formula is C34H36FN3O6S. The Kier molecular flexibility index (Phi) is 10.8. The van der Waals surface area contributed by atoms with Crippen LogP contribution >= 0.6 is 0 Å². The molecule has 0 heterocycles. The van der Waals surface area contributed by atoms with E-state index in [1.807, 2.05) is 37.3 Å². The van der Waals surface area contributed by atoms with E-state index in [9.17, 15) is 22.4 Å². The van der Waals surface area contributed by atoms with Crippen LogP contribution < -0.4 is 19.1 Å². The molecule has 0 bridgehead atoms. The van der Waals surface area contributed by atoms with E-state index in [0.29, 0.717) is 11.3 Å². The van der Waals surface area contributed by atoms with Crippen LogP contribution in [0.1, 0.15) is 16.7 Å². The Bertz CT molecular complexity index is 1720. The van der Waals surface area contributed by atoms with Crippen molar-refractivity contribution in [1.29, 1.82) is 0 Å². The number of carbonyl (C=O) groups excluding carboxylic acids is 2. The molecule has 4 aromatic carbocycles. The van der Waals surface area contributed by atoms with Crippen LogP contribution in [0.2, 0.25) is 0 Å². The number of nitrogens with one attached hydrogen (secondary N) is 1. The van der Waals surface area contributed by atoms with E-state index in [-0.39, 0.29) is 29.3 Å². The van der Waals surface area contributed by atoms with E-state index in [4.69, 9.17) is 9.47 Å². The van der Waals surface area contributed by atoms with Crippen molar-refractivity contribution in [3.63, 3.8) is 0 Å². The summed E-state index contributed by atoms with van der Waals surface area (Å²) in [7, 11) is 0.0607. The summed E-state index contributed by atoms with van der Waals surface area (Å²) in [6, 6.07) is 24.6. The first kappa shape index (κ1) is 33.0. The number of carbonyl (C=O) groups is 2. The van der Waals surface area contributed by atoms with Gasteiger partial charge in [0.1, 0.15) is 18.4 Å². The summed E-state index contributed by atoms with van der Waals surface area (Å²) >= 11 is 0. The van der Waals surface area contributed by atoms with Gasteiger partial charge in [0.05, 0.1) is 24.8 Å². The summed E-state index contributed by atoms with van der Waals surface area (Å²) in [6.07, 6.45) is 0.161. The third-order valence-electron chi connectivity index (χ3n) is 7.33. The molecule has 0 unspecified atom stereocenters. The normalized spacial score (nSPS) is 11.8. The highest BCUT2D eigenvalue weighted by atomic mass is 32.2. The van der Waals surface area contributed by atoms with Gasteiger partial charge in [0.2, 0.25) is 11.8 Å². The van der Waals surface area contributed by atoms with E-state index < -0.39 is 40.2 Å². The van der Waals surface area contributed by atoms with Crippen LogP contribution in [0.3, 0.4) is 0 Å². The third kappa shape index (κ3) is 7.98. The van der Waals surface area contributed by atoms with Gasteiger partial charge in [-0.3, -0.25) is 13.9 Å². The van der Waals surface area contributed by atoms with Gasteiger partial charge in [0.15, 0.2) is 11.5 Å². The van der Waals surface area contributed by atoms with Crippen molar-refractivity contribution < 1.29 is 31.9 Å². The maximum absolute atomic E-state index is 14.4. The molecule has 236 valence electrons. The van der Waals surface area contributed by atoms with Crippen LogP contribution in [0.5, 0.6) is 11.5 Å². The van der Waals surface area contributed by atoms with Crippen molar-refractivity contribution in [3.05, 3.63) is 120 Å². The number of benzene rings is 4. The van der Waals surface area contributed by atoms with Gasteiger partial charge < -0.3 is 19.7 Å². The van der Waals surface area contributed by atoms with E-state index in [1.165, 1.54) is 74.7 Å². The van der Waals surface area contributed by atoms with Gasteiger partial charge >= 0.3 is 0 Å². The molecular weight excluding hydrogens is 597 g/mol. The van der Waals surface area contributed by atoms with Gasteiger partial charge in [0.25, 0.3) is 10.0 Å². The van der Waals surface area contributed by atoms with Crippen molar-refractivity contribution >= 4 is 27.5 Å². The number of hydrogen-bond acceptors (Lipinski definition) is 6. The third-order valence-corrected chi connectivity index (χ3v) is 9.11. The molecule has 4 rings (SSSR count). The second-order valence-corrected chi connectivity index (χ2v) is 12.2. The lowest BCUT2D eigenvalue weighted by atomic mass is 10.0. The molecule has 0 aliphatic rings. The highest BCUT2D eigenvalue weighted by Gasteiger charge is 2.34. The smallest absolute Gasteiger partial charge is 0.264 e. The second kappa shape index (κ2) is 14.7. The number of halogens is 1. The van der Waals surface area contributed by atoms with Gasteiger partial charge in [-0.15, -0.1) is 0 Å². The molecule has 0 aromatic heterocycles. The first-order chi connectivity index (χ1) is 21.6. The molecule has 0 saturated carbocycles. The highest BCUT2D eigenvalue weighted by Crippen LogP contribution is 2.34. The van der Waals surface area contributed by atoms with E-state index in [1.54, 1.807) is 18.2 Å². The number of aryl methyl sites for hydroxylation is 1. The van der Waals surface area contributed by atoms with Gasteiger partial charge in [-0.2, -0.15) is 0 Å². The molecule has 0 aliphatic heterocycles. The molecule has 9 nitrogen and oxygen atoms in total. The molecule has 45 heavy (non-hydrogen) atoms. The minimum absolute atomic E-state index is 0.0205. The monoisotopic (exact) mass is 633 g/mol. The van der Waals surface area contributed by atoms with Crippen molar-refractivity contribution in [2.24, 2.45) is 0 Å². The number of amides is 2. The van der Waals surface area contributed by atoms with Crippen molar-refractivity contribution in [3.8, 4) is 11.5 Å². The molecule has 0 saturated heterocycles. The second-order valence-electron chi connectivity index (χ2n) is 10.3. The number of anilines is 1. The predicted molar refractivity (Wildman–Crippen MR) is 170 cm³/mol. The van der Waals surface area contributed by atoms with Gasteiger partial charge in [-0.1, -0.05) is 60.2 Å². The van der Waals surface area contributed by atoms with E-state index in [2.05, 4.69) is 5.32 Å². The molecule has 0 aliphatic carbocycles. The summed E-state index contributed by atoms with van der Waals surface area (Å²) in [4.78, 5) is 29.0. The SMILES string of the molecule is CNC(=O)[C@H](Cc1ccccc1)N(Cc1ccc(F)cc1)C(=O)CN(c1ccc(OC)c(OC)c1)S(=O)(=O)c1ccc(C)cc1. The zero-order valence-electron chi connectivity index (χ0n) is 25.6. The number of methoxy groups -OCH3 is 2. The quantitative estimate of drug-likeness (QED) is 0.228. The van der Waals surface area contributed by atoms with E-state index in [0.717, 1.165) is 15.4 Å². The number of rotatable bonds is 13. The Morgan fingerprint density at radius 1 is 0.844 bits per heavy atom. The Morgan fingerprint density at radius 3 is 2.09 bits per heavy atom. The number of likely N-dealkylation sites (N-methyl/N-ethyl adjacent to an activating group) is 1. The van der Waals surface area contributed by atoms with Gasteiger partial charge in [-0.25, -0.2) is 12.8 Å². The zero-order valence-corrected chi connectivity index (χ0v) is 26.4. The Hall–Kier alpha value is -4.90. The van der Waals surface area contributed by atoms with Crippen LogP contribution in [-0.2, 0) is 32.6 Å². The summed E-state index contributed by atoms with van der Waals surface area (Å²) in [5.74, 6) is -0.891. The summed E-state index contributed by atoms with van der Waals surface area (Å²) in [5.41, 5.74) is 2.38. The topological polar surface area (TPSA) is 105 Å². The molecule has 11 heteroatoms. The van der Waals surface area contributed by atoms with Crippen molar-refractivity contribution in [2.45, 2.75) is 30.8 Å². The van der Waals surface area contributed by atoms with E-state index >= 15 is 0 Å². The molecule has 1 N–H and O–H groups in total. The van der Waals surface area contributed by atoms with Crippen molar-refractivity contribution in [2.75, 3.05) is 32.1 Å². The Labute approximate surface area is 263 Å². The van der Waals surface area contributed by atoms with Gasteiger partial charge in [0, 0.05) is 26.1 Å². The summed E-state index contributed by atoms with van der Waals surface area (Å²) in [5, 5.41) is 2.63. The van der Waals surface area contributed by atoms with Gasteiger partial charge in [-0.05, 0) is 54.4 Å². The average Bonchev–Trinajstić information content (AvgIpc) is 3.05. The largest absolute Gasteiger partial charge is 0.493 e. The number of hydrogen-bond donors (Lipinski definition) is 1. The standard InChI is InChI=1S/C34H36FN3O6S/c1-24-10-17-29(18-11-24)45(41,42)38(28-16-19-31(43-3)32(21-28)44-4)23-33(39)37(22-26-12-14-27(35)15-13-26)30(34(40)36-2)20-25-8-6-5-7-9-25/h5-19,21,30H,20,22-23H2,1-4H3,(H,36,40)/t30-/m0/s1. The Balaban J connectivity index is 1.82. The predicted octanol–water partition coefficient (Wildman–Crippen LogP) is 4.73. The molecule has 2 amide bonds. The van der Waals surface area contributed by atoms with Crippen LogP contribution in [0.15, 0.2) is 102 Å². The highest BCUT2D eigenvalue weighted by molar-refractivity contribution is 7.92. The van der Waals surface area contributed by atoms with Crippen LogP contribution in [0.25, 0.3) is 0 Å². The first-order valence-electron chi connectivity index (χ1n) is 14.2. The van der Waals surface area contributed by atoms with Crippen LogP contribution in [-0.4, -0.2) is 59.0 Å². The molecule has 0 radical (unpaired) electrons. The van der Waals surface area contributed by atoms with Crippen molar-refractivity contribution in [1.82, 2.24) is 10.2 Å². The fourth-order valence-electron chi connectivity index (χ4n) is 4.85. The summed E-state index contributed by atoms with van der Waals surface area (Å²) < 4.78 is 53.9. The van der Waals surface area contributed by atoms with Crippen LogP contribution in [0, 0.1) is 12.7 Å². The molecule has 0 fully saturated rings. The number of ether oxygens (including phenoxy) is 2. The fourth-order valence-corrected chi connectivity index (χ4v) is 6.26. The number of nitrogens with zero attached hydrogens (tertiary/aromatic N) is 2. The molecule has 4 aromatic rings. The minimum atomic E-state index is -4.29. The lowest BCUT2D eigenvalue weighted by Gasteiger charge is -2.33. The number of sulfonamides is 1. The fraction of sp³-hybridized carbons (Fsp3) is 0.235. The minimum Gasteiger partial charge on any atom is -0.493 e. The zero-order chi connectivity index (χ0) is 32.6.